The topological polar surface area (TPSA) is 106 Å². The third-order valence-corrected chi connectivity index (χ3v) is 7.35. The SMILES string of the molecule is CC[C@@]1(O)C(=O)OCc2c1cc1n(c2=O)Cc2c-1nc1cc(F)c3c(c1c2NC(C)C)N(C)CCO3. The van der Waals surface area contributed by atoms with Crippen molar-refractivity contribution in [2.45, 2.75) is 52.0 Å². The monoisotopic (exact) mass is 494 g/mol. The standard InChI is InChI=1S/C26H27FN4O5/c1-5-26(34)15-8-18-20-13(10-31(18)24(32)14(15)11-36-25(26)33)21(28-12(2)3)19-17(29-20)9-16(27)23-22(19)30(4)6-7-35-23/h8-9,12,34H,5-7,10-11H2,1-4H3,(H,28,29)/t26-/m0/s1. The molecule has 0 spiro atoms. The van der Waals surface area contributed by atoms with Gasteiger partial charge in [-0.2, -0.15) is 0 Å². The Morgan fingerprint density at radius 3 is 2.75 bits per heavy atom. The van der Waals surface area contributed by atoms with Gasteiger partial charge in [-0.15, -0.1) is 0 Å². The normalized spacial score (nSPS) is 20.0. The number of pyridine rings is 2. The van der Waals surface area contributed by atoms with Gasteiger partial charge in [0.1, 0.15) is 13.2 Å². The predicted octanol–water partition coefficient (Wildman–Crippen LogP) is 2.87. The summed E-state index contributed by atoms with van der Waals surface area (Å²) >= 11 is 0. The van der Waals surface area contributed by atoms with Crippen molar-refractivity contribution in [3.05, 3.63) is 45.0 Å². The number of aromatic nitrogens is 2. The van der Waals surface area contributed by atoms with Crippen molar-refractivity contribution in [1.29, 1.82) is 0 Å². The number of hydrogen-bond donors (Lipinski definition) is 2. The van der Waals surface area contributed by atoms with E-state index < -0.39 is 17.4 Å². The number of rotatable bonds is 3. The van der Waals surface area contributed by atoms with Gasteiger partial charge in [0.25, 0.3) is 5.56 Å². The minimum absolute atomic E-state index is 0.0417. The van der Waals surface area contributed by atoms with Gasteiger partial charge in [0.15, 0.2) is 17.2 Å². The lowest BCUT2D eigenvalue weighted by atomic mass is 9.86. The lowest BCUT2D eigenvalue weighted by molar-refractivity contribution is -0.172. The van der Waals surface area contributed by atoms with Crippen LogP contribution in [0.5, 0.6) is 5.75 Å². The van der Waals surface area contributed by atoms with Crippen LogP contribution >= 0.6 is 0 Å². The molecule has 0 amide bonds. The second-order valence-electron chi connectivity index (χ2n) is 9.92. The molecule has 2 aromatic heterocycles. The van der Waals surface area contributed by atoms with Crippen molar-refractivity contribution < 1.29 is 23.8 Å². The molecule has 10 heteroatoms. The molecular formula is C26H27FN4O5. The molecule has 3 aromatic rings. The lowest BCUT2D eigenvalue weighted by Gasteiger charge is -2.31. The number of aliphatic hydroxyl groups is 1. The van der Waals surface area contributed by atoms with Crippen LogP contribution in [0.4, 0.5) is 15.8 Å². The number of benzene rings is 1. The van der Waals surface area contributed by atoms with E-state index >= 15 is 4.39 Å². The molecule has 9 nitrogen and oxygen atoms in total. The molecule has 1 aromatic carbocycles. The fourth-order valence-corrected chi connectivity index (χ4v) is 5.52. The van der Waals surface area contributed by atoms with Crippen LogP contribution in [0.2, 0.25) is 0 Å². The molecule has 0 unspecified atom stereocenters. The van der Waals surface area contributed by atoms with Crippen LogP contribution in [0.15, 0.2) is 16.9 Å². The summed E-state index contributed by atoms with van der Waals surface area (Å²) in [4.78, 5) is 32.8. The number of nitrogens with one attached hydrogen (secondary N) is 1. The Morgan fingerprint density at radius 2 is 2.03 bits per heavy atom. The third kappa shape index (κ3) is 2.93. The first-order chi connectivity index (χ1) is 17.2. The number of ether oxygens (including phenoxy) is 2. The highest BCUT2D eigenvalue weighted by Gasteiger charge is 2.45. The van der Waals surface area contributed by atoms with Gasteiger partial charge in [-0.1, -0.05) is 6.92 Å². The molecule has 0 radical (unpaired) electrons. The predicted molar refractivity (Wildman–Crippen MR) is 132 cm³/mol. The summed E-state index contributed by atoms with van der Waals surface area (Å²) in [5.74, 6) is -1.09. The number of carbonyl (C=O) groups is 1. The third-order valence-electron chi connectivity index (χ3n) is 7.35. The van der Waals surface area contributed by atoms with Gasteiger partial charge in [-0.25, -0.2) is 14.2 Å². The Hall–Kier alpha value is -3.66. The van der Waals surface area contributed by atoms with Crippen LogP contribution in [0.25, 0.3) is 22.3 Å². The molecule has 6 rings (SSSR count). The molecular weight excluding hydrogens is 467 g/mol. The van der Waals surface area contributed by atoms with Crippen LogP contribution in [-0.2, 0) is 28.3 Å². The maximum atomic E-state index is 15.1. The van der Waals surface area contributed by atoms with Crippen molar-refractivity contribution in [1.82, 2.24) is 9.55 Å². The first kappa shape index (κ1) is 22.8. The number of cyclic esters (lactones) is 1. The second-order valence-corrected chi connectivity index (χ2v) is 9.92. The Kier molecular flexibility index (Phi) is 4.85. The molecule has 0 saturated heterocycles. The van der Waals surface area contributed by atoms with Crippen LogP contribution in [0.3, 0.4) is 0 Å². The number of esters is 1. The smallest absolute Gasteiger partial charge is 0.343 e. The summed E-state index contributed by atoms with van der Waals surface area (Å²) in [6.07, 6.45) is 0.0591. The lowest BCUT2D eigenvalue weighted by Crippen LogP contribution is -2.44. The average Bonchev–Trinajstić information content (AvgIpc) is 3.21. The maximum absolute atomic E-state index is 15.1. The van der Waals surface area contributed by atoms with Crippen molar-refractivity contribution >= 4 is 28.2 Å². The summed E-state index contributed by atoms with van der Waals surface area (Å²) in [5, 5.41) is 15.4. The molecule has 36 heavy (non-hydrogen) atoms. The van der Waals surface area contributed by atoms with Crippen LogP contribution < -0.4 is 20.5 Å². The zero-order valence-corrected chi connectivity index (χ0v) is 20.6. The van der Waals surface area contributed by atoms with Gasteiger partial charge in [-0.05, 0) is 26.3 Å². The van der Waals surface area contributed by atoms with E-state index in [-0.39, 0.29) is 48.0 Å². The maximum Gasteiger partial charge on any atom is 0.343 e. The number of anilines is 2. The fourth-order valence-electron chi connectivity index (χ4n) is 5.52. The molecule has 2 N–H and O–H groups in total. The van der Waals surface area contributed by atoms with E-state index in [4.69, 9.17) is 14.5 Å². The molecule has 1 atom stereocenters. The number of fused-ring (bicyclic) bond motifs is 7. The van der Waals surface area contributed by atoms with Crippen molar-refractivity contribution in [2.75, 3.05) is 30.4 Å². The summed E-state index contributed by atoms with van der Waals surface area (Å²) < 4.78 is 27.6. The number of halogens is 1. The first-order valence-corrected chi connectivity index (χ1v) is 12.1. The second kappa shape index (κ2) is 7.67. The van der Waals surface area contributed by atoms with Crippen molar-refractivity contribution in [3.8, 4) is 17.1 Å². The van der Waals surface area contributed by atoms with Gasteiger partial charge in [0.2, 0.25) is 0 Å². The summed E-state index contributed by atoms with van der Waals surface area (Å²) in [6.45, 7) is 6.70. The molecule has 5 heterocycles. The number of nitrogens with zero attached hydrogens (tertiary/aromatic N) is 3. The van der Waals surface area contributed by atoms with Gasteiger partial charge < -0.3 is 29.4 Å². The molecule has 3 aliphatic heterocycles. The van der Waals surface area contributed by atoms with Gasteiger partial charge in [0.05, 0.1) is 52.3 Å². The minimum Gasteiger partial charge on any atom is -0.486 e. The number of carbonyl (C=O) groups excluding carboxylic acids is 1. The molecule has 0 fully saturated rings. The Morgan fingerprint density at radius 1 is 1.25 bits per heavy atom. The summed E-state index contributed by atoms with van der Waals surface area (Å²) in [5.41, 5.74) is 1.85. The molecule has 3 aliphatic rings. The van der Waals surface area contributed by atoms with E-state index in [1.807, 2.05) is 25.8 Å². The highest BCUT2D eigenvalue weighted by atomic mass is 19.1. The molecule has 0 aliphatic carbocycles. The Balaban J connectivity index is 1.68. The largest absolute Gasteiger partial charge is 0.486 e. The summed E-state index contributed by atoms with van der Waals surface area (Å²) in [7, 11) is 1.89. The van der Waals surface area contributed by atoms with Crippen LogP contribution in [0, 0.1) is 5.82 Å². The molecule has 188 valence electrons. The fraction of sp³-hybridized carbons (Fsp3) is 0.423. The van der Waals surface area contributed by atoms with Crippen molar-refractivity contribution in [3.63, 3.8) is 0 Å². The van der Waals surface area contributed by atoms with E-state index in [9.17, 15) is 14.7 Å². The van der Waals surface area contributed by atoms with E-state index in [0.717, 1.165) is 16.6 Å². The van der Waals surface area contributed by atoms with E-state index in [0.29, 0.717) is 35.7 Å². The highest BCUT2D eigenvalue weighted by Crippen LogP contribution is 2.48. The highest BCUT2D eigenvalue weighted by molar-refractivity contribution is 6.07. The van der Waals surface area contributed by atoms with Gasteiger partial charge in [0, 0.05) is 30.3 Å². The van der Waals surface area contributed by atoms with Crippen LogP contribution in [0.1, 0.15) is 43.9 Å². The number of hydrogen-bond acceptors (Lipinski definition) is 8. The average molecular weight is 495 g/mol. The van der Waals surface area contributed by atoms with E-state index in [1.54, 1.807) is 17.6 Å². The quantitative estimate of drug-likeness (QED) is 0.419. The Bertz CT molecular complexity index is 1530. The van der Waals surface area contributed by atoms with Gasteiger partial charge >= 0.3 is 5.97 Å². The zero-order valence-electron chi connectivity index (χ0n) is 20.6. The van der Waals surface area contributed by atoms with E-state index in [2.05, 4.69) is 5.32 Å². The molecule has 0 saturated carbocycles. The minimum atomic E-state index is -1.91. The molecule has 0 bridgehead atoms. The zero-order chi connectivity index (χ0) is 25.5. The van der Waals surface area contributed by atoms with Crippen molar-refractivity contribution in [2.24, 2.45) is 0 Å². The first-order valence-electron chi connectivity index (χ1n) is 12.1. The van der Waals surface area contributed by atoms with E-state index in [1.165, 1.54) is 6.07 Å². The Labute approximate surface area is 206 Å². The van der Waals surface area contributed by atoms with Crippen LogP contribution in [-0.4, -0.2) is 46.9 Å². The van der Waals surface area contributed by atoms with Gasteiger partial charge in [-0.3, -0.25) is 4.79 Å². The summed E-state index contributed by atoms with van der Waals surface area (Å²) in [6, 6.07) is 3.06. The number of likely N-dealkylation sites (N-methyl/N-ethyl adjacent to an activating group) is 1.